The molecule has 0 radical (unpaired) electrons. The summed E-state index contributed by atoms with van der Waals surface area (Å²) in [6.07, 6.45) is 0. The molecule has 5 nitrogen and oxygen atoms in total. The third kappa shape index (κ3) is 2.66. The maximum atomic E-state index is 13.1. The molecule has 0 saturated carbocycles. The topological polar surface area (TPSA) is 64.4 Å². The van der Waals surface area contributed by atoms with Gasteiger partial charge in [-0.3, -0.25) is 14.5 Å². The van der Waals surface area contributed by atoms with Gasteiger partial charge in [0, 0.05) is 5.69 Å². The molecule has 0 aliphatic carbocycles. The summed E-state index contributed by atoms with van der Waals surface area (Å²) in [6.45, 7) is -0.347. The van der Waals surface area contributed by atoms with Gasteiger partial charge in [0.15, 0.2) is 0 Å². The molecule has 19 heavy (non-hydrogen) atoms. The van der Waals surface area contributed by atoms with E-state index in [9.17, 15) is 14.0 Å². The van der Waals surface area contributed by atoms with Crippen LogP contribution >= 0.6 is 11.6 Å². The zero-order valence-electron chi connectivity index (χ0n) is 9.77. The van der Waals surface area contributed by atoms with Crippen molar-refractivity contribution < 1.29 is 14.0 Å². The predicted octanol–water partition coefficient (Wildman–Crippen LogP) is 1.18. The number of benzene rings is 1. The van der Waals surface area contributed by atoms with Crippen molar-refractivity contribution in [3.05, 3.63) is 29.0 Å². The van der Waals surface area contributed by atoms with Gasteiger partial charge in [0.1, 0.15) is 12.4 Å². The first-order chi connectivity index (χ1) is 9.02. The highest BCUT2D eigenvalue weighted by Gasteiger charge is 2.31. The summed E-state index contributed by atoms with van der Waals surface area (Å²) in [4.78, 5) is 25.9. The Bertz CT molecular complexity index is 567. The number of anilines is 1. The van der Waals surface area contributed by atoms with E-state index in [0.29, 0.717) is 5.69 Å². The van der Waals surface area contributed by atoms with Crippen LogP contribution in [0.4, 0.5) is 10.1 Å². The van der Waals surface area contributed by atoms with E-state index in [1.54, 1.807) is 6.07 Å². The van der Waals surface area contributed by atoms with Crippen molar-refractivity contribution in [1.82, 2.24) is 4.90 Å². The minimum absolute atomic E-state index is 0.0462. The maximum absolute atomic E-state index is 13.1. The monoisotopic (exact) mass is 281 g/mol. The van der Waals surface area contributed by atoms with E-state index < -0.39 is 17.6 Å². The molecule has 0 bridgehead atoms. The minimum Gasteiger partial charge on any atom is -0.353 e. The Morgan fingerprint density at radius 2 is 1.95 bits per heavy atom. The summed E-state index contributed by atoms with van der Waals surface area (Å²) >= 11 is 5.66. The Hall–Kier alpha value is -2.13. The molecule has 1 aliphatic rings. The van der Waals surface area contributed by atoms with E-state index in [0.717, 1.165) is 4.90 Å². The summed E-state index contributed by atoms with van der Waals surface area (Å²) in [5, 5.41) is 8.46. The lowest BCUT2D eigenvalue weighted by Crippen LogP contribution is -2.54. The molecule has 98 valence electrons. The molecule has 0 N–H and O–H groups in total. The van der Waals surface area contributed by atoms with Gasteiger partial charge in [0.2, 0.25) is 11.8 Å². The fourth-order valence-corrected chi connectivity index (χ4v) is 1.98. The van der Waals surface area contributed by atoms with Crippen LogP contribution in [0.2, 0.25) is 5.02 Å². The first-order valence-corrected chi connectivity index (χ1v) is 5.81. The summed E-state index contributed by atoms with van der Waals surface area (Å²) in [5.41, 5.74) is 0.490. The number of amides is 2. The zero-order chi connectivity index (χ0) is 14.0. The normalized spacial score (nSPS) is 15.6. The molecule has 1 fully saturated rings. The number of piperazine rings is 1. The second kappa shape index (κ2) is 5.24. The van der Waals surface area contributed by atoms with Crippen LogP contribution in [0.25, 0.3) is 0 Å². The van der Waals surface area contributed by atoms with Gasteiger partial charge >= 0.3 is 0 Å². The number of hydrogen-bond acceptors (Lipinski definition) is 4. The quantitative estimate of drug-likeness (QED) is 0.603. The molecule has 2 amide bonds. The Labute approximate surface area is 113 Å². The average Bonchev–Trinajstić information content (AvgIpc) is 2.37. The Balaban J connectivity index is 2.20. The lowest BCUT2D eigenvalue weighted by Gasteiger charge is -2.32. The summed E-state index contributed by atoms with van der Waals surface area (Å²) in [5.74, 6) is -1.48. The van der Waals surface area contributed by atoms with Crippen LogP contribution in [0, 0.1) is 17.1 Å². The third-order valence-electron chi connectivity index (χ3n) is 2.75. The van der Waals surface area contributed by atoms with Gasteiger partial charge in [-0.1, -0.05) is 11.6 Å². The largest absolute Gasteiger partial charge is 0.353 e. The van der Waals surface area contributed by atoms with Crippen molar-refractivity contribution in [3.63, 3.8) is 0 Å². The van der Waals surface area contributed by atoms with Gasteiger partial charge in [-0.2, -0.15) is 5.26 Å². The number of hydrogen-bond donors (Lipinski definition) is 0. The van der Waals surface area contributed by atoms with E-state index in [-0.39, 0.29) is 24.7 Å². The summed E-state index contributed by atoms with van der Waals surface area (Å²) in [6, 6.07) is 5.74. The Morgan fingerprint density at radius 1 is 1.32 bits per heavy atom. The van der Waals surface area contributed by atoms with Crippen molar-refractivity contribution in [2.45, 2.75) is 0 Å². The fourth-order valence-electron chi connectivity index (χ4n) is 1.80. The highest BCUT2D eigenvalue weighted by atomic mass is 35.5. The average molecular weight is 282 g/mol. The smallest absolute Gasteiger partial charge is 0.249 e. The van der Waals surface area contributed by atoms with Crippen LogP contribution < -0.4 is 4.90 Å². The maximum Gasteiger partial charge on any atom is 0.249 e. The minimum atomic E-state index is -0.564. The second-order valence-electron chi connectivity index (χ2n) is 3.99. The lowest BCUT2D eigenvalue weighted by atomic mass is 10.2. The van der Waals surface area contributed by atoms with Gasteiger partial charge in [0.25, 0.3) is 0 Å². The van der Waals surface area contributed by atoms with Crippen LogP contribution in [0.15, 0.2) is 18.2 Å². The molecule has 0 spiro atoms. The van der Waals surface area contributed by atoms with Gasteiger partial charge in [-0.05, 0) is 18.2 Å². The lowest BCUT2D eigenvalue weighted by molar-refractivity contribution is -0.144. The van der Waals surface area contributed by atoms with Gasteiger partial charge in [0.05, 0.1) is 24.2 Å². The molecule has 1 aromatic rings. The highest BCUT2D eigenvalue weighted by molar-refractivity contribution is 6.31. The number of carbonyl (C=O) groups is 2. The van der Waals surface area contributed by atoms with E-state index >= 15 is 0 Å². The molecule has 1 aromatic carbocycles. The number of nitriles is 1. The fraction of sp³-hybridized carbons (Fsp3) is 0.250. The van der Waals surface area contributed by atoms with E-state index in [1.807, 2.05) is 0 Å². The Kier molecular flexibility index (Phi) is 3.67. The molecule has 2 rings (SSSR count). The molecule has 7 heteroatoms. The van der Waals surface area contributed by atoms with Crippen molar-refractivity contribution in [1.29, 1.82) is 5.26 Å². The number of carbonyl (C=O) groups excluding carboxylic acids is 2. The van der Waals surface area contributed by atoms with Crippen molar-refractivity contribution in [3.8, 4) is 6.07 Å². The van der Waals surface area contributed by atoms with Crippen LogP contribution in [0.5, 0.6) is 0 Å². The van der Waals surface area contributed by atoms with Crippen LogP contribution in [0.3, 0.4) is 0 Å². The molecular formula is C12H9ClFN3O2. The van der Waals surface area contributed by atoms with Gasteiger partial charge < -0.3 is 4.90 Å². The van der Waals surface area contributed by atoms with Crippen molar-refractivity contribution in [2.75, 3.05) is 24.5 Å². The number of nitrogens with zero attached hydrogens (tertiary/aromatic N) is 3. The van der Waals surface area contributed by atoms with Crippen molar-refractivity contribution in [2.24, 2.45) is 0 Å². The molecule has 0 aromatic heterocycles. The standard InChI is InChI=1S/C12H9ClFN3O2/c13-9-5-8(1-2-10(9)14)16-6-11(18)17(4-3-15)12(19)7-16/h1-2,5H,4,6-7H2. The molecular weight excluding hydrogens is 273 g/mol. The second-order valence-corrected chi connectivity index (χ2v) is 4.39. The van der Waals surface area contributed by atoms with Crippen LogP contribution in [-0.2, 0) is 9.59 Å². The van der Waals surface area contributed by atoms with Crippen molar-refractivity contribution >= 4 is 29.1 Å². The highest BCUT2D eigenvalue weighted by Crippen LogP contribution is 2.23. The first kappa shape index (κ1) is 13.3. The molecule has 0 unspecified atom stereocenters. The molecule has 1 saturated heterocycles. The van der Waals surface area contributed by atoms with E-state index in [1.165, 1.54) is 23.1 Å². The predicted molar refractivity (Wildman–Crippen MR) is 66.0 cm³/mol. The van der Waals surface area contributed by atoms with Crippen LogP contribution in [0.1, 0.15) is 0 Å². The van der Waals surface area contributed by atoms with E-state index in [2.05, 4.69) is 0 Å². The number of imide groups is 1. The van der Waals surface area contributed by atoms with Gasteiger partial charge in [-0.15, -0.1) is 0 Å². The van der Waals surface area contributed by atoms with E-state index in [4.69, 9.17) is 16.9 Å². The summed E-state index contributed by atoms with van der Waals surface area (Å²) in [7, 11) is 0. The number of halogens is 2. The van der Waals surface area contributed by atoms with Gasteiger partial charge in [-0.25, -0.2) is 4.39 Å². The summed E-state index contributed by atoms with van der Waals surface area (Å²) < 4.78 is 13.1. The first-order valence-electron chi connectivity index (χ1n) is 5.43. The molecule has 1 heterocycles. The Morgan fingerprint density at radius 3 is 2.47 bits per heavy atom. The number of rotatable bonds is 2. The molecule has 0 atom stereocenters. The third-order valence-corrected chi connectivity index (χ3v) is 3.04. The van der Waals surface area contributed by atoms with Crippen LogP contribution in [-0.4, -0.2) is 36.3 Å². The SMILES string of the molecule is N#CCN1C(=O)CN(c2ccc(F)c(Cl)c2)CC1=O. The zero-order valence-corrected chi connectivity index (χ0v) is 10.5. The molecule has 1 aliphatic heterocycles.